The molecule has 232 valence electrons. The van der Waals surface area contributed by atoms with E-state index in [2.05, 4.69) is 32.5 Å². The Kier molecular flexibility index (Phi) is 7.81. The first-order valence-electron chi connectivity index (χ1n) is 14.7. The zero-order valence-electron chi connectivity index (χ0n) is 24.5. The lowest BCUT2D eigenvalue weighted by Crippen LogP contribution is -2.54. The summed E-state index contributed by atoms with van der Waals surface area (Å²) in [4.78, 5) is 35.7. The molecule has 6 rings (SSSR count). The molecular formula is C32H33F4N5O3. The molecule has 8 nitrogen and oxygen atoms in total. The van der Waals surface area contributed by atoms with Gasteiger partial charge in [-0.05, 0) is 74.8 Å². The quantitative estimate of drug-likeness (QED) is 0.331. The zero-order chi connectivity index (χ0) is 31.2. The van der Waals surface area contributed by atoms with Gasteiger partial charge in [0.05, 0.1) is 29.6 Å². The molecule has 1 aromatic heterocycles. The highest BCUT2D eigenvalue weighted by Crippen LogP contribution is 2.49. The number of anilines is 2. The standard InChI is InChI=1S/C32H33F4N5O3/c1-41-10-8-31(9-11-41)15-20(16-31)38-29(43)21-13-27(44-2)25(14-23(21)33)40-30-37-17-22(32(34,35)36)24(39-30)12-19-5-3-4-18-6-7-26(42)28(18)19/h3-5,13-14,17,20H,6-12,15-16H2,1-2H3,(H,38,43)(H,37,39,40). The number of ketones is 1. The van der Waals surface area contributed by atoms with Gasteiger partial charge in [0.25, 0.3) is 5.91 Å². The van der Waals surface area contributed by atoms with Gasteiger partial charge in [-0.3, -0.25) is 9.59 Å². The summed E-state index contributed by atoms with van der Waals surface area (Å²) in [6.07, 6.45) is 0.423. The molecule has 3 aromatic rings. The molecule has 2 N–H and O–H groups in total. The number of rotatable bonds is 7. The molecule has 0 radical (unpaired) electrons. The van der Waals surface area contributed by atoms with Crippen molar-refractivity contribution in [2.45, 2.75) is 57.2 Å². The molecule has 1 saturated heterocycles. The number of alkyl halides is 3. The fourth-order valence-electron chi connectivity index (χ4n) is 6.74. The minimum Gasteiger partial charge on any atom is -0.495 e. The van der Waals surface area contributed by atoms with Gasteiger partial charge in [-0.2, -0.15) is 13.2 Å². The average Bonchev–Trinajstić information content (AvgIpc) is 3.34. The number of methoxy groups -OCH3 is 1. The van der Waals surface area contributed by atoms with Gasteiger partial charge in [-0.1, -0.05) is 18.2 Å². The van der Waals surface area contributed by atoms with E-state index < -0.39 is 23.5 Å². The van der Waals surface area contributed by atoms with Crippen LogP contribution in [0.1, 0.15) is 75.2 Å². The van der Waals surface area contributed by atoms with E-state index in [0.29, 0.717) is 30.2 Å². The SMILES string of the molecule is COc1cc(C(=O)NC2CC3(CCN(C)CC3)C2)c(F)cc1Nc1ncc(C(F)(F)F)c(Cc2cccc3c2C(=O)CC3)n1. The number of carbonyl (C=O) groups excluding carboxylic acids is 2. The third kappa shape index (κ3) is 5.87. The number of piperidine rings is 1. The largest absolute Gasteiger partial charge is 0.495 e. The molecule has 0 bridgehead atoms. The summed E-state index contributed by atoms with van der Waals surface area (Å²) < 4.78 is 62.4. The Balaban J connectivity index is 1.21. The van der Waals surface area contributed by atoms with Crippen LogP contribution in [0.3, 0.4) is 0 Å². The number of halogens is 4. The molecule has 2 aromatic carbocycles. The number of nitrogens with one attached hydrogen (secondary N) is 2. The van der Waals surface area contributed by atoms with Crippen LogP contribution in [0.5, 0.6) is 5.75 Å². The lowest BCUT2D eigenvalue weighted by molar-refractivity contribution is -0.138. The van der Waals surface area contributed by atoms with E-state index in [1.807, 2.05) is 0 Å². The van der Waals surface area contributed by atoms with Crippen molar-refractivity contribution in [1.82, 2.24) is 20.2 Å². The fraction of sp³-hybridized carbons (Fsp3) is 0.438. The number of fused-ring (bicyclic) bond motifs is 1. The van der Waals surface area contributed by atoms with E-state index in [9.17, 15) is 22.8 Å². The predicted molar refractivity (Wildman–Crippen MR) is 155 cm³/mol. The van der Waals surface area contributed by atoms with Crippen LogP contribution in [0.15, 0.2) is 36.5 Å². The first-order valence-corrected chi connectivity index (χ1v) is 14.7. The monoisotopic (exact) mass is 611 g/mol. The second-order valence-corrected chi connectivity index (χ2v) is 12.1. The van der Waals surface area contributed by atoms with Crippen LogP contribution in [0.25, 0.3) is 0 Å². The molecule has 44 heavy (non-hydrogen) atoms. The molecule has 1 saturated carbocycles. The van der Waals surface area contributed by atoms with Crippen LogP contribution in [0, 0.1) is 11.2 Å². The Hall–Kier alpha value is -4.06. The van der Waals surface area contributed by atoms with Gasteiger partial charge in [0.15, 0.2) is 5.78 Å². The number of carbonyl (C=O) groups is 2. The minimum atomic E-state index is -4.73. The number of ether oxygens (including phenoxy) is 1. The number of benzene rings is 2. The second kappa shape index (κ2) is 11.5. The Morgan fingerprint density at radius 3 is 2.61 bits per heavy atom. The van der Waals surface area contributed by atoms with E-state index in [-0.39, 0.29) is 52.3 Å². The Morgan fingerprint density at radius 2 is 1.91 bits per heavy atom. The topological polar surface area (TPSA) is 96.5 Å². The minimum absolute atomic E-state index is 0.0331. The van der Waals surface area contributed by atoms with Gasteiger partial charge in [-0.25, -0.2) is 14.4 Å². The summed E-state index contributed by atoms with van der Waals surface area (Å²) in [6.45, 7) is 2.05. The van der Waals surface area contributed by atoms with Gasteiger partial charge in [0, 0.05) is 36.7 Å². The number of aryl methyl sites for hydroxylation is 1. The highest BCUT2D eigenvalue weighted by atomic mass is 19.4. The molecular weight excluding hydrogens is 578 g/mol. The summed E-state index contributed by atoms with van der Waals surface area (Å²) in [7, 11) is 3.43. The molecule has 2 aliphatic carbocycles. The van der Waals surface area contributed by atoms with Crippen LogP contribution < -0.4 is 15.4 Å². The van der Waals surface area contributed by atoms with E-state index in [4.69, 9.17) is 4.74 Å². The smallest absolute Gasteiger partial charge is 0.419 e. The predicted octanol–water partition coefficient (Wildman–Crippen LogP) is 5.71. The summed E-state index contributed by atoms with van der Waals surface area (Å²) >= 11 is 0. The van der Waals surface area contributed by atoms with E-state index >= 15 is 4.39 Å². The van der Waals surface area contributed by atoms with Crippen LogP contribution in [0.4, 0.5) is 29.2 Å². The summed E-state index contributed by atoms with van der Waals surface area (Å²) in [5.74, 6) is -1.63. The maximum Gasteiger partial charge on any atom is 0.419 e. The average molecular weight is 612 g/mol. The van der Waals surface area contributed by atoms with E-state index in [1.54, 1.807) is 18.2 Å². The molecule has 1 aliphatic heterocycles. The molecule has 3 aliphatic rings. The highest BCUT2D eigenvalue weighted by Gasteiger charge is 2.46. The Bertz CT molecular complexity index is 1610. The second-order valence-electron chi connectivity index (χ2n) is 12.1. The number of nitrogens with zero attached hydrogens (tertiary/aromatic N) is 3. The molecule has 12 heteroatoms. The van der Waals surface area contributed by atoms with Crippen molar-refractivity contribution in [3.05, 3.63) is 75.9 Å². The van der Waals surface area contributed by atoms with Crippen molar-refractivity contribution in [1.29, 1.82) is 0 Å². The van der Waals surface area contributed by atoms with E-state index in [0.717, 1.165) is 50.4 Å². The third-order valence-corrected chi connectivity index (χ3v) is 9.19. The maximum atomic E-state index is 15.3. The Labute approximate surface area is 252 Å². The fourth-order valence-corrected chi connectivity index (χ4v) is 6.74. The Morgan fingerprint density at radius 1 is 1.16 bits per heavy atom. The van der Waals surface area contributed by atoms with Gasteiger partial charge in [-0.15, -0.1) is 0 Å². The van der Waals surface area contributed by atoms with Crippen LogP contribution in [-0.4, -0.2) is 59.8 Å². The molecule has 2 heterocycles. The number of likely N-dealkylation sites (tertiary alicyclic amines) is 1. The lowest BCUT2D eigenvalue weighted by Gasteiger charge is -2.52. The number of aromatic nitrogens is 2. The van der Waals surface area contributed by atoms with Crippen molar-refractivity contribution < 1.29 is 31.9 Å². The number of amides is 1. The normalized spacial score (nSPS) is 18.2. The van der Waals surface area contributed by atoms with Crippen LogP contribution in [0.2, 0.25) is 0 Å². The summed E-state index contributed by atoms with van der Waals surface area (Å²) in [5.41, 5.74) is 0.407. The highest BCUT2D eigenvalue weighted by molar-refractivity contribution is 6.01. The van der Waals surface area contributed by atoms with Gasteiger partial charge in [0.1, 0.15) is 11.6 Å². The van der Waals surface area contributed by atoms with Crippen molar-refractivity contribution in [3.8, 4) is 5.75 Å². The molecule has 0 atom stereocenters. The van der Waals surface area contributed by atoms with Crippen molar-refractivity contribution >= 4 is 23.3 Å². The first-order chi connectivity index (χ1) is 20.9. The van der Waals surface area contributed by atoms with Gasteiger partial charge < -0.3 is 20.3 Å². The molecule has 0 unspecified atom stereocenters. The van der Waals surface area contributed by atoms with Crippen LogP contribution in [-0.2, 0) is 19.0 Å². The number of hydrogen-bond donors (Lipinski definition) is 2. The van der Waals surface area contributed by atoms with Gasteiger partial charge >= 0.3 is 6.18 Å². The van der Waals surface area contributed by atoms with Crippen LogP contribution >= 0.6 is 0 Å². The molecule has 2 fully saturated rings. The zero-order valence-corrected chi connectivity index (χ0v) is 24.5. The van der Waals surface area contributed by atoms with Gasteiger partial charge in [0.2, 0.25) is 5.95 Å². The molecule has 1 spiro atoms. The summed E-state index contributed by atoms with van der Waals surface area (Å²) in [5, 5.41) is 5.67. The first kappa shape index (κ1) is 30.0. The summed E-state index contributed by atoms with van der Waals surface area (Å²) in [6, 6.07) is 7.39. The lowest BCUT2D eigenvalue weighted by atomic mass is 9.60. The maximum absolute atomic E-state index is 15.3. The van der Waals surface area contributed by atoms with Crippen molar-refractivity contribution in [2.24, 2.45) is 5.41 Å². The number of Topliss-reactive ketones (excluding diaryl/α,β-unsaturated/α-hetero) is 1. The molecule has 1 amide bonds. The third-order valence-electron chi connectivity index (χ3n) is 9.19. The van der Waals surface area contributed by atoms with Crippen molar-refractivity contribution in [3.63, 3.8) is 0 Å². The van der Waals surface area contributed by atoms with E-state index in [1.165, 1.54) is 13.2 Å². The van der Waals surface area contributed by atoms with Crippen molar-refractivity contribution in [2.75, 3.05) is 32.6 Å². The number of hydrogen-bond acceptors (Lipinski definition) is 7.